The van der Waals surface area contributed by atoms with Crippen molar-refractivity contribution in [3.63, 3.8) is 0 Å². The van der Waals surface area contributed by atoms with Crippen LogP contribution in [0.15, 0.2) is 54.7 Å². The number of aromatic nitrogens is 2. The van der Waals surface area contributed by atoms with Crippen LogP contribution in [-0.4, -0.2) is 10.2 Å². The average molecular weight is 241 g/mol. The van der Waals surface area contributed by atoms with Crippen LogP contribution in [0.3, 0.4) is 0 Å². The molecule has 0 aliphatic rings. The lowest BCUT2D eigenvalue weighted by atomic mass is 10.1. The molecule has 3 heteroatoms. The first kappa shape index (κ1) is 10.2. The third-order valence-corrected chi connectivity index (χ3v) is 2.90. The summed E-state index contributed by atoms with van der Waals surface area (Å²) in [5, 5.41) is 11.1. The van der Waals surface area contributed by atoms with Gasteiger partial charge in [0, 0.05) is 21.4 Å². The van der Waals surface area contributed by atoms with Crippen molar-refractivity contribution in [2.24, 2.45) is 0 Å². The lowest BCUT2D eigenvalue weighted by molar-refractivity contribution is 1.06. The molecule has 0 bridgehead atoms. The van der Waals surface area contributed by atoms with Gasteiger partial charge >= 0.3 is 0 Å². The molecular weight excluding hydrogens is 232 g/mol. The van der Waals surface area contributed by atoms with Gasteiger partial charge in [0.1, 0.15) is 5.69 Å². The van der Waals surface area contributed by atoms with E-state index in [9.17, 15) is 0 Å². The van der Waals surface area contributed by atoms with Gasteiger partial charge in [-0.05, 0) is 12.1 Å². The maximum atomic E-state index is 6.00. The topological polar surface area (TPSA) is 25.8 Å². The number of fused-ring (bicyclic) bond motifs is 1. The summed E-state index contributed by atoms with van der Waals surface area (Å²) in [7, 11) is 0. The van der Waals surface area contributed by atoms with E-state index in [0.717, 1.165) is 22.0 Å². The predicted molar refractivity (Wildman–Crippen MR) is 70.0 cm³/mol. The summed E-state index contributed by atoms with van der Waals surface area (Å²) >= 11 is 6.00. The maximum Gasteiger partial charge on any atom is 0.101 e. The van der Waals surface area contributed by atoms with Crippen molar-refractivity contribution in [1.29, 1.82) is 0 Å². The molecule has 0 spiro atoms. The first-order chi connectivity index (χ1) is 8.34. The summed E-state index contributed by atoms with van der Waals surface area (Å²) in [5.74, 6) is 0. The van der Waals surface area contributed by atoms with Crippen LogP contribution in [-0.2, 0) is 0 Å². The summed E-state index contributed by atoms with van der Waals surface area (Å²) in [5.41, 5.74) is 1.85. The SMILES string of the molecule is Clc1cccc(-c2nncc3ccccc23)c1. The number of halogens is 1. The van der Waals surface area contributed by atoms with Gasteiger partial charge < -0.3 is 0 Å². The van der Waals surface area contributed by atoms with Crippen LogP contribution in [0.25, 0.3) is 22.0 Å². The fraction of sp³-hybridized carbons (Fsp3) is 0. The molecule has 1 aromatic heterocycles. The molecule has 82 valence electrons. The minimum atomic E-state index is 0.706. The molecule has 0 saturated heterocycles. The number of benzene rings is 2. The Labute approximate surface area is 104 Å². The molecule has 2 aromatic carbocycles. The molecule has 3 rings (SSSR count). The number of hydrogen-bond acceptors (Lipinski definition) is 2. The lowest BCUT2D eigenvalue weighted by Crippen LogP contribution is -1.89. The van der Waals surface area contributed by atoms with Crippen molar-refractivity contribution in [1.82, 2.24) is 10.2 Å². The summed E-state index contributed by atoms with van der Waals surface area (Å²) < 4.78 is 0. The monoisotopic (exact) mass is 240 g/mol. The average Bonchev–Trinajstić information content (AvgIpc) is 2.38. The Balaban J connectivity index is 2.30. The van der Waals surface area contributed by atoms with E-state index in [1.807, 2.05) is 48.5 Å². The van der Waals surface area contributed by atoms with E-state index in [1.54, 1.807) is 6.20 Å². The van der Waals surface area contributed by atoms with Crippen molar-refractivity contribution < 1.29 is 0 Å². The fourth-order valence-corrected chi connectivity index (χ4v) is 2.07. The zero-order valence-corrected chi connectivity index (χ0v) is 9.72. The molecule has 0 amide bonds. The maximum absolute atomic E-state index is 6.00. The van der Waals surface area contributed by atoms with Gasteiger partial charge in [0.2, 0.25) is 0 Å². The lowest BCUT2D eigenvalue weighted by Gasteiger charge is -2.04. The van der Waals surface area contributed by atoms with E-state index in [0.29, 0.717) is 5.02 Å². The Morgan fingerprint density at radius 3 is 2.71 bits per heavy atom. The molecule has 2 nitrogen and oxygen atoms in total. The summed E-state index contributed by atoms with van der Waals surface area (Å²) in [4.78, 5) is 0. The largest absolute Gasteiger partial charge is 0.158 e. The molecular formula is C14H9ClN2. The highest BCUT2D eigenvalue weighted by Crippen LogP contribution is 2.26. The third kappa shape index (κ3) is 1.87. The first-order valence-corrected chi connectivity index (χ1v) is 5.69. The van der Waals surface area contributed by atoms with E-state index >= 15 is 0 Å². The number of hydrogen-bond donors (Lipinski definition) is 0. The second-order valence-corrected chi connectivity index (χ2v) is 4.23. The zero-order valence-electron chi connectivity index (χ0n) is 8.97. The molecule has 0 radical (unpaired) electrons. The third-order valence-electron chi connectivity index (χ3n) is 2.67. The van der Waals surface area contributed by atoms with E-state index in [-0.39, 0.29) is 0 Å². The summed E-state index contributed by atoms with van der Waals surface area (Å²) in [6.45, 7) is 0. The molecule has 0 fully saturated rings. The first-order valence-electron chi connectivity index (χ1n) is 5.31. The van der Waals surface area contributed by atoms with E-state index in [1.165, 1.54) is 0 Å². The second kappa shape index (κ2) is 4.15. The Morgan fingerprint density at radius 2 is 1.82 bits per heavy atom. The molecule has 0 N–H and O–H groups in total. The van der Waals surface area contributed by atoms with E-state index in [2.05, 4.69) is 10.2 Å². The van der Waals surface area contributed by atoms with Crippen molar-refractivity contribution in [3.05, 3.63) is 59.8 Å². The van der Waals surface area contributed by atoms with Gasteiger partial charge in [-0.25, -0.2) is 0 Å². The smallest absolute Gasteiger partial charge is 0.101 e. The van der Waals surface area contributed by atoms with Crippen LogP contribution >= 0.6 is 11.6 Å². The number of nitrogens with zero attached hydrogens (tertiary/aromatic N) is 2. The van der Waals surface area contributed by atoms with Crippen LogP contribution in [0.5, 0.6) is 0 Å². The van der Waals surface area contributed by atoms with Crippen LogP contribution < -0.4 is 0 Å². The van der Waals surface area contributed by atoms with Gasteiger partial charge in [0.05, 0.1) is 6.20 Å². The molecule has 0 atom stereocenters. The van der Waals surface area contributed by atoms with Gasteiger partial charge in [-0.2, -0.15) is 5.10 Å². The molecule has 3 aromatic rings. The molecule has 1 heterocycles. The molecule has 0 aliphatic heterocycles. The highest BCUT2D eigenvalue weighted by Gasteiger charge is 2.05. The molecule has 17 heavy (non-hydrogen) atoms. The Bertz CT molecular complexity index is 674. The van der Waals surface area contributed by atoms with Gasteiger partial charge in [-0.15, -0.1) is 5.10 Å². The van der Waals surface area contributed by atoms with Crippen LogP contribution in [0, 0.1) is 0 Å². The highest BCUT2D eigenvalue weighted by atomic mass is 35.5. The van der Waals surface area contributed by atoms with E-state index in [4.69, 9.17) is 11.6 Å². The summed E-state index contributed by atoms with van der Waals surface area (Å²) in [6.07, 6.45) is 1.77. The van der Waals surface area contributed by atoms with Crippen molar-refractivity contribution in [2.75, 3.05) is 0 Å². The van der Waals surface area contributed by atoms with Crippen LogP contribution in [0.2, 0.25) is 5.02 Å². The minimum Gasteiger partial charge on any atom is -0.158 e. The van der Waals surface area contributed by atoms with Gasteiger partial charge in [-0.3, -0.25) is 0 Å². The van der Waals surface area contributed by atoms with Gasteiger partial charge in [-0.1, -0.05) is 48.0 Å². The second-order valence-electron chi connectivity index (χ2n) is 3.79. The zero-order chi connectivity index (χ0) is 11.7. The molecule has 0 aliphatic carbocycles. The Morgan fingerprint density at radius 1 is 0.941 bits per heavy atom. The van der Waals surface area contributed by atoms with Crippen LogP contribution in [0.4, 0.5) is 0 Å². The van der Waals surface area contributed by atoms with E-state index < -0.39 is 0 Å². The molecule has 0 saturated carbocycles. The standard InChI is InChI=1S/C14H9ClN2/c15-12-6-3-5-10(8-12)14-13-7-2-1-4-11(13)9-16-17-14/h1-9H. The normalized spacial score (nSPS) is 10.6. The number of rotatable bonds is 1. The minimum absolute atomic E-state index is 0.706. The van der Waals surface area contributed by atoms with Crippen molar-refractivity contribution in [3.8, 4) is 11.3 Å². The van der Waals surface area contributed by atoms with Gasteiger partial charge in [0.15, 0.2) is 0 Å². The van der Waals surface area contributed by atoms with Crippen molar-refractivity contribution in [2.45, 2.75) is 0 Å². The van der Waals surface area contributed by atoms with Crippen LogP contribution in [0.1, 0.15) is 0 Å². The quantitative estimate of drug-likeness (QED) is 0.644. The Hall–Kier alpha value is -1.93. The van der Waals surface area contributed by atoms with Gasteiger partial charge in [0.25, 0.3) is 0 Å². The Kier molecular flexibility index (Phi) is 2.50. The van der Waals surface area contributed by atoms with Crippen molar-refractivity contribution >= 4 is 22.4 Å². The highest BCUT2D eigenvalue weighted by molar-refractivity contribution is 6.30. The fourth-order valence-electron chi connectivity index (χ4n) is 1.88. The predicted octanol–water partition coefficient (Wildman–Crippen LogP) is 3.95. The summed E-state index contributed by atoms with van der Waals surface area (Å²) in [6, 6.07) is 15.7. The molecule has 0 unspecified atom stereocenters.